The maximum atomic E-state index is 12.4. The number of aliphatic carboxylic acids is 1. The van der Waals surface area contributed by atoms with E-state index in [9.17, 15) is 19.2 Å². The van der Waals surface area contributed by atoms with Gasteiger partial charge in [0.1, 0.15) is 18.6 Å². The second-order valence-corrected chi connectivity index (χ2v) is 6.63. The van der Waals surface area contributed by atoms with Crippen LogP contribution in [0.3, 0.4) is 0 Å². The third-order valence-corrected chi connectivity index (χ3v) is 3.72. The van der Waals surface area contributed by atoms with Gasteiger partial charge in [0.05, 0.1) is 6.04 Å². The van der Waals surface area contributed by atoms with Crippen LogP contribution in [0.5, 0.6) is 0 Å². The second kappa shape index (κ2) is 12.5. The van der Waals surface area contributed by atoms with Crippen molar-refractivity contribution in [1.29, 1.82) is 0 Å². The molecule has 0 aromatic rings. The molecule has 12 nitrogen and oxygen atoms in total. The largest absolute Gasteiger partial charge is 0.480 e. The zero-order valence-electron chi connectivity index (χ0n) is 16.4. The van der Waals surface area contributed by atoms with E-state index in [-0.39, 0.29) is 11.9 Å². The van der Waals surface area contributed by atoms with Gasteiger partial charge >= 0.3 is 5.97 Å². The van der Waals surface area contributed by atoms with Crippen LogP contribution in [0.15, 0.2) is 4.99 Å². The van der Waals surface area contributed by atoms with Gasteiger partial charge in [0, 0.05) is 6.54 Å². The topological polar surface area (TPSA) is 215 Å². The standard InChI is InChI=1S/C16H31N7O5/c1-8(2)12(15(28)22-9(3)13(26)21-7-11(24)25)23-14(27)10(17)5-4-6-20-16(18)19/h8-10,12H,4-7,17H2,1-3H3,(H,21,26)(H,22,28)(H,23,27)(H,24,25)(H4,18,19,20). The summed E-state index contributed by atoms with van der Waals surface area (Å²) < 4.78 is 0. The van der Waals surface area contributed by atoms with Crippen LogP contribution in [-0.2, 0) is 19.2 Å². The molecule has 0 aromatic carbocycles. The smallest absolute Gasteiger partial charge is 0.322 e. The van der Waals surface area contributed by atoms with Gasteiger partial charge in [0.25, 0.3) is 0 Å². The van der Waals surface area contributed by atoms with E-state index >= 15 is 0 Å². The molecule has 3 atom stereocenters. The van der Waals surface area contributed by atoms with Crippen molar-refractivity contribution in [2.75, 3.05) is 13.1 Å². The van der Waals surface area contributed by atoms with Gasteiger partial charge in [-0.2, -0.15) is 0 Å². The molecule has 0 aliphatic heterocycles. The minimum atomic E-state index is -1.20. The molecule has 0 heterocycles. The van der Waals surface area contributed by atoms with Crippen molar-refractivity contribution in [2.45, 2.75) is 51.7 Å². The van der Waals surface area contributed by atoms with E-state index in [0.29, 0.717) is 19.4 Å². The Hall–Kier alpha value is -2.89. The Bertz CT molecular complexity index is 590. The lowest BCUT2D eigenvalue weighted by Gasteiger charge is -2.25. The molecule has 0 saturated carbocycles. The zero-order valence-corrected chi connectivity index (χ0v) is 16.4. The van der Waals surface area contributed by atoms with Crippen LogP contribution in [0, 0.1) is 5.92 Å². The molecular formula is C16H31N7O5. The Morgan fingerprint density at radius 1 is 1.00 bits per heavy atom. The summed E-state index contributed by atoms with van der Waals surface area (Å²) in [6, 6.07) is -2.73. The fraction of sp³-hybridized carbons (Fsp3) is 0.688. The number of hydrogen-bond acceptors (Lipinski definition) is 6. The number of nitrogens with two attached hydrogens (primary N) is 3. The second-order valence-electron chi connectivity index (χ2n) is 6.63. The first-order chi connectivity index (χ1) is 13.0. The molecule has 160 valence electrons. The number of hydrogen-bond donors (Lipinski definition) is 7. The molecule has 0 aliphatic carbocycles. The quantitative estimate of drug-likeness (QED) is 0.103. The van der Waals surface area contributed by atoms with E-state index in [1.807, 2.05) is 0 Å². The minimum absolute atomic E-state index is 0.0453. The van der Waals surface area contributed by atoms with Crippen LogP contribution < -0.4 is 33.2 Å². The highest BCUT2D eigenvalue weighted by atomic mass is 16.4. The van der Waals surface area contributed by atoms with Gasteiger partial charge in [-0.15, -0.1) is 0 Å². The fourth-order valence-electron chi connectivity index (χ4n) is 2.13. The zero-order chi connectivity index (χ0) is 21.9. The summed E-state index contributed by atoms with van der Waals surface area (Å²) in [5, 5.41) is 15.7. The van der Waals surface area contributed by atoms with Gasteiger partial charge in [-0.1, -0.05) is 13.8 Å². The first kappa shape index (κ1) is 25.1. The molecular weight excluding hydrogens is 370 g/mol. The lowest BCUT2D eigenvalue weighted by atomic mass is 10.0. The summed E-state index contributed by atoms with van der Waals surface area (Å²) in [6.07, 6.45) is 0.814. The highest BCUT2D eigenvalue weighted by Crippen LogP contribution is 2.04. The highest BCUT2D eigenvalue weighted by molar-refractivity contribution is 5.93. The third kappa shape index (κ3) is 10.3. The van der Waals surface area contributed by atoms with Gasteiger partial charge in [-0.25, -0.2) is 0 Å². The lowest BCUT2D eigenvalue weighted by Crippen LogP contribution is -2.57. The van der Waals surface area contributed by atoms with Gasteiger partial charge in [0.15, 0.2) is 5.96 Å². The number of carboxylic acids is 1. The lowest BCUT2D eigenvalue weighted by molar-refractivity contribution is -0.138. The number of rotatable bonds is 12. The highest BCUT2D eigenvalue weighted by Gasteiger charge is 2.28. The number of nitrogens with one attached hydrogen (secondary N) is 3. The van der Waals surface area contributed by atoms with Crippen molar-refractivity contribution >= 4 is 29.7 Å². The fourth-order valence-corrected chi connectivity index (χ4v) is 2.13. The number of carbonyl (C=O) groups excluding carboxylic acids is 3. The van der Waals surface area contributed by atoms with Crippen LogP contribution in [0.25, 0.3) is 0 Å². The average molecular weight is 401 g/mol. The molecule has 0 saturated heterocycles. The van der Waals surface area contributed by atoms with E-state index in [1.165, 1.54) is 6.92 Å². The molecule has 0 aromatic heterocycles. The van der Waals surface area contributed by atoms with E-state index < -0.39 is 48.4 Å². The van der Waals surface area contributed by atoms with Gasteiger partial charge < -0.3 is 38.3 Å². The molecule has 0 fully saturated rings. The van der Waals surface area contributed by atoms with Crippen molar-refractivity contribution in [3.63, 3.8) is 0 Å². The van der Waals surface area contributed by atoms with Crippen LogP contribution in [-0.4, -0.2) is 66.0 Å². The number of guanidine groups is 1. The molecule has 10 N–H and O–H groups in total. The predicted molar refractivity (Wildman–Crippen MR) is 103 cm³/mol. The molecule has 0 radical (unpaired) electrons. The monoisotopic (exact) mass is 401 g/mol. The number of carboxylic acid groups (broad SMARTS) is 1. The summed E-state index contributed by atoms with van der Waals surface area (Å²) in [7, 11) is 0. The Balaban J connectivity index is 4.68. The number of aliphatic imine (C=N–C) groups is 1. The molecule has 0 aliphatic rings. The van der Waals surface area contributed by atoms with Crippen molar-refractivity contribution in [1.82, 2.24) is 16.0 Å². The Kier molecular flexibility index (Phi) is 11.2. The first-order valence-electron chi connectivity index (χ1n) is 8.86. The summed E-state index contributed by atoms with van der Waals surface area (Å²) in [6.45, 7) is 4.63. The molecule has 3 amide bonds. The van der Waals surface area contributed by atoms with Crippen LogP contribution in [0.2, 0.25) is 0 Å². The van der Waals surface area contributed by atoms with E-state index in [2.05, 4.69) is 20.9 Å². The molecule has 0 spiro atoms. The number of nitrogens with zero attached hydrogens (tertiary/aromatic N) is 1. The van der Waals surface area contributed by atoms with E-state index in [4.69, 9.17) is 22.3 Å². The summed E-state index contributed by atoms with van der Waals surface area (Å²) in [4.78, 5) is 50.7. The van der Waals surface area contributed by atoms with Crippen LogP contribution in [0.1, 0.15) is 33.6 Å². The Morgan fingerprint density at radius 3 is 2.11 bits per heavy atom. The van der Waals surface area contributed by atoms with Crippen molar-refractivity contribution < 1.29 is 24.3 Å². The van der Waals surface area contributed by atoms with Crippen molar-refractivity contribution in [2.24, 2.45) is 28.1 Å². The van der Waals surface area contributed by atoms with E-state index in [1.54, 1.807) is 13.8 Å². The normalized spacial score (nSPS) is 13.8. The van der Waals surface area contributed by atoms with Crippen molar-refractivity contribution in [3.05, 3.63) is 0 Å². The van der Waals surface area contributed by atoms with Crippen LogP contribution in [0.4, 0.5) is 0 Å². The maximum Gasteiger partial charge on any atom is 0.322 e. The Labute approximate surface area is 163 Å². The SMILES string of the molecule is CC(NC(=O)C(NC(=O)C(N)CCCN=C(N)N)C(C)C)C(=O)NCC(=O)O. The molecule has 3 unspecified atom stereocenters. The van der Waals surface area contributed by atoms with Gasteiger partial charge in [0.2, 0.25) is 17.7 Å². The maximum absolute atomic E-state index is 12.4. The molecule has 0 bridgehead atoms. The number of amides is 3. The minimum Gasteiger partial charge on any atom is -0.480 e. The first-order valence-corrected chi connectivity index (χ1v) is 8.86. The molecule has 28 heavy (non-hydrogen) atoms. The van der Waals surface area contributed by atoms with Crippen molar-refractivity contribution in [3.8, 4) is 0 Å². The van der Waals surface area contributed by atoms with Gasteiger partial charge in [-0.05, 0) is 25.7 Å². The van der Waals surface area contributed by atoms with Crippen LogP contribution >= 0.6 is 0 Å². The van der Waals surface area contributed by atoms with Gasteiger partial charge in [-0.3, -0.25) is 24.2 Å². The Morgan fingerprint density at radius 2 is 1.61 bits per heavy atom. The molecule has 0 rings (SSSR count). The summed E-state index contributed by atoms with van der Waals surface area (Å²) in [5.74, 6) is -3.26. The molecule has 12 heteroatoms. The summed E-state index contributed by atoms with van der Waals surface area (Å²) >= 11 is 0. The predicted octanol–water partition coefficient (Wildman–Crippen LogP) is -2.79. The number of carbonyl (C=O) groups is 4. The average Bonchev–Trinajstić information content (AvgIpc) is 2.59. The summed E-state index contributed by atoms with van der Waals surface area (Å²) in [5.41, 5.74) is 16.2. The van der Waals surface area contributed by atoms with E-state index in [0.717, 1.165) is 0 Å². The third-order valence-electron chi connectivity index (χ3n) is 3.72.